The lowest BCUT2D eigenvalue weighted by molar-refractivity contribution is 0.0204. The van der Waals surface area contributed by atoms with E-state index in [2.05, 4.69) is 11.4 Å². The maximum atomic E-state index is 12.8. The number of amides is 2. The van der Waals surface area contributed by atoms with Gasteiger partial charge in [0, 0.05) is 25.6 Å². The van der Waals surface area contributed by atoms with Gasteiger partial charge in [-0.05, 0) is 51.2 Å². The normalized spacial score (nSPS) is 21.5. The fraction of sp³-hybridized carbons (Fsp3) is 0.591. The van der Waals surface area contributed by atoms with Crippen LogP contribution in [0.5, 0.6) is 0 Å². The largest absolute Gasteiger partial charge is 0.445 e. The van der Waals surface area contributed by atoms with Crippen molar-refractivity contribution in [2.45, 2.75) is 64.2 Å². The second kappa shape index (κ2) is 7.94. The van der Waals surface area contributed by atoms with Gasteiger partial charge in [0.1, 0.15) is 12.2 Å². The molecule has 7 nitrogen and oxygen atoms in total. The third-order valence-corrected chi connectivity index (χ3v) is 5.33. The first-order valence-electron chi connectivity index (χ1n) is 10.0. The van der Waals surface area contributed by atoms with E-state index < -0.39 is 17.1 Å². The minimum atomic E-state index is -0.574. The lowest BCUT2D eigenvalue weighted by atomic mass is 10.1. The number of benzene rings is 1. The summed E-state index contributed by atoms with van der Waals surface area (Å²) in [5.74, 6) is 0.228. The molecule has 0 spiro atoms. The summed E-state index contributed by atoms with van der Waals surface area (Å²) in [6.07, 6.45) is 1.72. The smallest absolute Gasteiger partial charge is 0.410 e. The molecule has 0 saturated heterocycles. The predicted octanol–water partition coefficient (Wildman–Crippen LogP) is 3.94. The number of carbonyl (C=O) groups excluding carboxylic acids is 2. The minimum Gasteiger partial charge on any atom is -0.445 e. The maximum Gasteiger partial charge on any atom is 0.410 e. The monoisotopic (exact) mass is 399 g/mol. The quantitative estimate of drug-likeness (QED) is 0.782. The summed E-state index contributed by atoms with van der Waals surface area (Å²) in [5, 5.41) is 11.9. The number of nitriles is 1. The molecule has 2 aliphatic carbocycles. The first-order valence-corrected chi connectivity index (χ1v) is 10.0. The van der Waals surface area contributed by atoms with Crippen LogP contribution in [0.4, 0.5) is 9.59 Å². The predicted molar refractivity (Wildman–Crippen MR) is 107 cm³/mol. The lowest BCUT2D eigenvalue weighted by Crippen LogP contribution is -2.41. The second-order valence-electron chi connectivity index (χ2n) is 8.98. The van der Waals surface area contributed by atoms with Crippen LogP contribution in [0.25, 0.3) is 0 Å². The molecule has 0 bridgehead atoms. The summed E-state index contributed by atoms with van der Waals surface area (Å²) < 4.78 is 10.7. The van der Waals surface area contributed by atoms with E-state index in [-0.39, 0.29) is 24.7 Å². The maximum absolute atomic E-state index is 12.8. The molecule has 1 aromatic carbocycles. The first kappa shape index (κ1) is 21.0. The van der Waals surface area contributed by atoms with Crippen molar-refractivity contribution in [2.24, 2.45) is 5.41 Å². The Morgan fingerprint density at radius 1 is 1.28 bits per heavy atom. The number of nitrogens with one attached hydrogen (secondary N) is 1. The summed E-state index contributed by atoms with van der Waals surface area (Å²) in [4.78, 5) is 25.8. The van der Waals surface area contributed by atoms with Crippen molar-refractivity contribution >= 4 is 12.2 Å². The molecule has 2 aliphatic rings. The zero-order valence-corrected chi connectivity index (χ0v) is 17.5. The van der Waals surface area contributed by atoms with Crippen LogP contribution in [0, 0.1) is 16.7 Å². The van der Waals surface area contributed by atoms with Crippen molar-refractivity contribution in [1.29, 1.82) is 5.26 Å². The van der Waals surface area contributed by atoms with E-state index in [1.165, 1.54) is 7.05 Å². The first-order chi connectivity index (χ1) is 13.7. The molecule has 1 aromatic rings. The molecule has 0 radical (unpaired) electrons. The van der Waals surface area contributed by atoms with Crippen LogP contribution >= 0.6 is 0 Å². The molecule has 29 heavy (non-hydrogen) atoms. The SMILES string of the molecule is CNC(=O)OCc1ccc([C@@H]2C[C@H]2N(CC2(C#N)CC2)C(=O)OC(C)(C)C)cc1. The van der Waals surface area contributed by atoms with Gasteiger partial charge in [-0.2, -0.15) is 5.26 Å². The van der Waals surface area contributed by atoms with E-state index in [1.807, 2.05) is 45.0 Å². The number of alkyl carbamates (subject to hydrolysis) is 1. The minimum absolute atomic E-state index is 0.0450. The van der Waals surface area contributed by atoms with Crippen molar-refractivity contribution in [3.8, 4) is 6.07 Å². The Balaban J connectivity index is 1.66. The van der Waals surface area contributed by atoms with Gasteiger partial charge in [-0.25, -0.2) is 9.59 Å². The van der Waals surface area contributed by atoms with E-state index in [9.17, 15) is 14.9 Å². The van der Waals surface area contributed by atoms with Gasteiger partial charge >= 0.3 is 12.2 Å². The third kappa shape index (κ3) is 5.41. The van der Waals surface area contributed by atoms with Crippen molar-refractivity contribution in [3.05, 3.63) is 35.4 Å². The summed E-state index contributed by atoms with van der Waals surface area (Å²) in [6, 6.07) is 10.3. The molecule has 2 atom stereocenters. The summed E-state index contributed by atoms with van der Waals surface area (Å²) in [6.45, 7) is 6.19. The highest BCUT2D eigenvalue weighted by molar-refractivity contribution is 5.70. The molecule has 2 amide bonds. The zero-order chi connectivity index (χ0) is 21.2. The Labute approximate surface area is 172 Å². The Kier molecular flexibility index (Phi) is 5.74. The van der Waals surface area contributed by atoms with Gasteiger partial charge in [0.25, 0.3) is 0 Å². The van der Waals surface area contributed by atoms with Gasteiger partial charge in [-0.3, -0.25) is 0 Å². The number of hydrogen-bond acceptors (Lipinski definition) is 5. The van der Waals surface area contributed by atoms with Gasteiger partial charge in [-0.15, -0.1) is 0 Å². The molecule has 156 valence electrons. The highest BCUT2D eigenvalue weighted by Gasteiger charge is 2.52. The van der Waals surface area contributed by atoms with Gasteiger partial charge in [0.2, 0.25) is 0 Å². The van der Waals surface area contributed by atoms with Crippen molar-refractivity contribution in [2.75, 3.05) is 13.6 Å². The van der Waals surface area contributed by atoms with Crippen LogP contribution in [-0.4, -0.2) is 42.3 Å². The van der Waals surface area contributed by atoms with E-state index in [4.69, 9.17) is 9.47 Å². The van der Waals surface area contributed by atoms with E-state index in [0.717, 1.165) is 30.4 Å². The zero-order valence-electron chi connectivity index (χ0n) is 17.5. The Morgan fingerprint density at radius 2 is 1.93 bits per heavy atom. The number of nitrogens with zero attached hydrogens (tertiary/aromatic N) is 2. The number of hydrogen-bond donors (Lipinski definition) is 1. The molecule has 1 N–H and O–H groups in total. The Hall–Kier alpha value is -2.75. The molecule has 3 rings (SSSR count). The topological polar surface area (TPSA) is 91.7 Å². The van der Waals surface area contributed by atoms with Crippen LogP contribution < -0.4 is 5.32 Å². The van der Waals surface area contributed by atoms with Gasteiger partial charge in [-0.1, -0.05) is 24.3 Å². The summed E-state index contributed by atoms with van der Waals surface area (Å²) in [7, 11) is 1.52. The van der Waals surface area contributed by atoms with Gasteiger partial charge < -0.3 is 19.7 Å². The molecular formula is C22H29N3O4. The Morgan fingerprint density at radius 3 is 2.45 bits per heavy atom. The molecule has 0 heterocycles. The fourth-order valence-corrected chi connectivity index (χ4v) is 3.39. The highest BCUT2D eigenvalue weighted by Crippen LogP contribution is 2.50. The number of ether oxygens (including phenoxy) is 2. The van der Waals surface area contributed by atoms with Crippen LogP contribution in [-0.2, 0) is 16.1 Å². The van der Waals surface area contributed by atoms with Crippen molar-refractivity contribution < 1.29 is 19.1 Å². The average Bonchev–Trinajstić information content (AvgIpc) is 3.58. The summed E-state index contributed by atoms with van der Waals surface area (Å²) in [5.41, 5.74) is 1.05. The van der Waals surface area contributed by atoms with E-state index in [1.54, 1.807) is 4.90 Å². The second-order valence-corrected chi connectivity index (χ2v) is 8.98. The van der Waals surface area contributed by atoms with Crippen LogP contribution in [0.15, 0.2) is 24.3 Å². The summed E-state index contributed by atoms with van der Waals surface area (Å²) >= 11 is 0. The molecule has 2 saturated carbocycles. The van der Waals surface area contributed by atoms with E-state index in [0.29, 0.717) is 6.54 Å². The molecule has 0 aromatic heterocycles. The average molecular weight is 399 g/mol. The van der Waals surface area contributed by atoms with Crippen LogP contribution in [0.1, 0.15) is 57.1 Å². The van der Waals surface area contributed by atoms with Gasteiger partial charge in [0.05, 0.1) is 11.5 Å². The number of rotatable bonds is 6. The van der Waals surface area contributed by atoms with Crippen molar-refractivity contribution in [1.82, 2.24) is 10.2 Å². The van der Waals surface area contributed by atoms with E-state index >= 15 is 0 Å². The van der Waals surface area contributed by atoms with Crippen LogP contribution in [0.2, 0.25) is 0 Å². The van der Waals surface area contributed by atoms with Crippen LogP contribution in [0.3, 0.4) is 0 Å². The van der Waals surface area contributed by atoms with Crippen molar-refractivity contribution in [3.63, 3.8) is 0 Å². The molecular weight excluding hydrogens is 370 g/mol. The molecule has 2 fully saturated rings. The molecule has 0 unspecified atom stereocenters. The fourth-order valence-electron chi connectivity index (χ4n) is 3.39. The lowest BCUT2D eigenvalue weighted by Gasteiger charge is -2.29. The highest BCUT2D eigenvalue weighted by atomic mass is 16.6. The Bertz CT molecular complexity index is 803. The standard InChI is InChI=1S/C22H29N3O4/c1-21(2,3)29-20(27)25(14-22(13-23)9-10-22)18-11-17(18)16-7-5-15(6-8-16)12-28-19(26)24-4/h5-8,17-18H,9-12,14H2,1-4H3,(H,24,26)/t17-,18+/m0/s1. The van der Waals surface area contributed by atoms with Gasteiger partial charge in [0.15, 0.2) is 0 Å². The number of carbonyl (C=O) groups is 2. The molecule has 0 aliphatic heterocycles. The third-order valence-electron chi connectivity index (χ3n) is 5.33. The molecule has 7 heteroatoms.